The maximum Gasteiger partial charge on any atom is 0.167 e. The lowest BCUT2D eigenvalue weighted by Gasteiger charge is -2.05. The molecule has 0 unspecified atom stereocenters. The number of carbonyl (C=O) groups excluding carboxylic acids is 1. The van der Waals surface area contributed by atoms with Gasteiger partial charge < -0.3 is 0 Å². The third kappa shape index (κ3) is 3.82. The maximum absolute atomic E-state index is 12.1. The summed E-state index contributed by atoms with van der Waals surface area (Å²) in [4.78, 5) is 12.1. The van der Waals surface area contributed by atoms with Crippen molar-refractivity contribution in [3.05, 3.63) is 69.2 Å². The second-order valence-corrected chi connectivity index (χ2v) is 5.57. The van der Waals surface area contributed by atoms with Gasteiger partial charge in [0.2, 0.25) is 0 Å². The number of hydrogen-bond acceptors (Lipinski definition) is 1. The minimum absolute atomic E-state index is 0.0466. The normalized spacial score (nSPS) is 10.5. The van der Waals surface area contributed by atoms with E-state index >= 15 is 0 Å². The first-order valence-corrected chi connectivity index (χ1v) is 7.60. The van der Waals surface area contributed by atoms with Gasteiger partial charge in [0.15, 0.2) is 5.78 Å². The Labute approximate surface area is 130 Å². The second-order valence-electron chi connectivity index (χ2n) is 4.17. The van der Waals surface area contributed by atoms with Crippen molar-refractivity contribution < 1.29 is 4.79 Å². The predicted molar refractivity (Wildman–Crippen MR) is 83.6 cm³/mol. The standard InChI is InChI=1S/C15H11BrCl2O/c16-9-10-1-3-11(4-2-10)15(19)7-12-5-6-13(17)8-14(12)18/h1-6,8H,7,9H2. The molecule has 0 fully saturated rings. The number of ketones is 1. The number of hydrogen-bond donors (Lipinski definition) is 0. The van der Waals surface area contributed by atoms with Crippen LogP contribution >= 0.6 is 39.1 Å². The van der Waals surface area contributed by atoms with Crippen LogP contribution in [0.15, 0.2) is 42.5 Å². The molecule has 0 N–H and O–H groups in total. The topological polar surface area (TPSA) is 17.1 Å². The van der Waals surface area contributed by atoms with Crippen molar-refractivity contribution in [2.75, 3.05) is 0 Å². The zero-order valence-corrected chi connectivity index (χ0v) is 13.1. The molecule has 0 aliphatic rings. The SMILES string of the molecule is O=C(Cc1ccc(Cl)cc1Cl)c1ccc(CBr)cc1. The smallest absolute Gasteiger partial charge is 0.167 e. The molecule has 0 saturated heterocycles. The molecule has 2 aromatic carbocycles. The Bertz CT molecular complexity index is 594. The van der Waals surface area contributed by atoms with Gasteiger partial charge in [0, 0.05) is 27.4 Å². The van der Waals surface area contributed by atoms with E-state index in [0.29, 0.717) is 15.6 Å². The molecule has 4 heteroatoms. The van der Waals surface area contributed by atoms with Crippen LogP contribution in [-0.2, 0) is 11.8 Å². The van der Waals surface area contributed by atoms with Crippen LogP contribution in [0.3, 0.4) is 0 Å². The fraction of sp³-hybridized carbons (Fsp3) is 0.133. The quantitative estimate of drug-likeness (QED) is 0.535. The highest BCUT2D eigenvalue weighted by Gasteiger charge is 2.10. The van der Waals surface area contributed by atoms with Crippen molar-refractivity contribution >= 4 is 44.9 Å². The Hall–Kier alpha value is -0.830. The van der Waals surface area contributed by atoms with E-state index in [4.69, 9.17) is 23.2 Å². The van der Waals surface area contributed by atoms with Crippen LogP contribution in [0.2, 0.25) is 10.0 Å². The summed E-state index contributed by atoms with van der Waals surface area (Å²) in [5, 5.41) is 1.88. The Kier molecular flexibility index (Phi) is 5.03. The minimum Gasteiger partial charge on any atom is -0.294 e. The number of Topliss-reactive ketones (excluding diaryl/α,β-unsaturated/α-hetero) is 1. The number of halogens is 3. The highest BCUT2D eigenvalue weighted by atomic mass is 79.9. The summed E-state index contributed by atoms with van der Waals surface area (Å²) in [6.45, 7) is 0. The van der Waals surface area contributed by atoms with Gasteiger partial charge in [-0.15, -0.1) is 0 Å². The van der Waals surface area contributed by atoms with Crippen molar-refractivity contribution in [3.63, 3.8) is 0 Å². The van der Waals surface area contributed by atoms with Crippen LogP contribution in [0.25, 0.3) is 0 Å². The molecule has 19 heavy (non-hydrogen) atoms. The minimum atomic E-state index is 0.0466. The van der Waals surface area contributed by atoms with Crippen LogP contribution in [0, 0.1) is 0 Å². The van der Waals surface area contributed by atoms with E-state index in [1.807, 2.05) is 24.3 Å². The molecule has 2 aromatic rings. The third-order valence-electron chi connectivity index (χ3n) is 2.80. The molecule has 0 aliphatic carbocycles. The van der Waals surface area contributed by atoms with Crippen molar-refractivity contribution in [1.82, 2.24) is 0 Å². The van der Waals surface area contributed by atoms with Gasteiger partial charge in [-0.25, -0.2) is 0 Å². The summed E-state index contributed by atoms with van der Waals surface area (Å²) in [6.07, 6.45) is 0.281. The highest BCUT2D eigenvalue weighted by Crippen LogP contribution is 2.22. The first-order valence-electron chi connectivity index (χ1n) is 5.72. The molecule has 0 spiro atoms. The zero-order valence-electron chi connectivity index (χ0n) is 10.00. The summed E-state index contributed by atoms with van der Waals surface area (Å²) in [7, 11) is 0. The Morgan fingerprint density at radius 2 is 1.74 bits per heavy atom. The molecule has 0 saturated carbocycles. The van der Waals surface area contributed by atoms with Gasteiger partial charge in [-0.2, -0.15) is 0 Å². The van der Waals surface area contributed by atoms with Crippen molar-refractivity contribution in [2.24, 2.45) is 0 Å². The van der Waals surface area contributed by atoms with Crippen LogP contribution in [-0.4, -0.2) is 5.78 Å². The Balaban J connectivity index is 2.15. The monoisotopic (exact) mass is 356 g/mol. The summed E-state index contributed by atoms with van der Waals surface area (Å²) in [5.74, 6) is 0.0466. The summed E-state index contributed by atoms with van der Waals surface area (Å²) < 4.78 is 0. The number of alkyl halides is 1. The number of benzene rings is 2. The van der Waals surface area contributed by atoms with Gasteiger partial charge in [-0.3, -0.25) is 4.79 Å². The second kappa shape index (κ2) is 6.56. The van der Waals surface area contributed by atoms with Gasteiger partial charge in [0.25, 0.3) is 0 Å². The van der Waals surface area contributed by atoms with Crippen molar-refractivity contribution in [3.8, 4) is 0 Å². The van der Waals surface area contributed by atoms with E-state index in [1.54, 1.807) is 18.2 Å². The molecule has 0 radical (unpaired) electrons. The molecule has 0 heterocycles. The molecule has 1 nitrogen and oxygen atoms in total. The lowest BCUT2D eigenvalue weighted by Crippen LogP contribution is -2.04. The predicted octanol–water partition coefficient (Wildman–Crippen LogP) is 5.31. The summed E-state index contributed by atoms with van der Waals surface area (Å²) in [6, 6.07) is 12.7. The molecular formula is C15H11BrCl2O. The Morgan fingerprint density at radius 1 is 1.05 bits per heavy atom. The molecule has 0 atom stereocenters. The lowest BCUT2D eigenvalue weighted by molar-refractivity contribution is 0.0993. The number of rotatable bonds is 4. The van der Waals surface area contributed by atoms with Gasteiger partial charge in [-0.05, 0) is 23.3 Å². The summed E-state index contributed by atoms with van der Waals surface area (Å²) >= 11 is 15.3. The Morgan fingerprint density at radius 3 is 2.32 bits per heavy atom. The van der Waals surface area contributed by atoms with Crippen molar-refractivity contribution in [1.29, 1.82) is 0 Å². The van der Waals surface area contributed by atoms with Crippen LogP contribution in [0.5, 0.6) is 0 Å². The van der Waals surface area contributed by atoms with E-state index < -0.39 is 0 Å². The first-order chi connectivity index (χ1) is 9.10. The molecule has 98 valence electrons. The van der Waals surface area contributed by atoms with E-state index in [0.717, 1.165) is 16.5 Å². The molecule has 0 aromatic heterocycles. The molecule has 0 amide bonds. The van der Waals surface area contributed by atoms with E-state index in [9.17, 15) is 4.79 Å². The molecule has 0 bridgehead atoms. The van der Waals surface area contributed by atoms with Crippen LogP contribution < -0.4 is 0 Å². The average molecular weight is 358 g/mol. The first kappa shape index (κ1) is 14.6. The van der Waals surface area contributed by atoms with Gasteiger partial charge >= 0.3 is 0 Å². The largest absolute Gasteiger partial charge is 0.294 e. The summed E-state index contributed by atoms with van der Waals surface area (Å²) in [5.41, 5.74) is 2.62. The van der Waals surface area contributed by atoms with E-state index in [1.165, 1.54) is 0 Å². The van der Waals surface area contributed by atoms with E-state index in [-0.39, 0.29) is 12.2 Å². The zero-order chi connectivity index (χ0) is 13.8. The van der Waals surface area contributed by atoms with Gasteiger partial charge in [0.05, 0.1) is 0 Å². The highest BCUT2D eigenvalue weighted by molar-refractivity contribution is 9.08. The van der Waals surface area contributed by atoms with Crippen molar-refractivity contribution in [2.45, 2.75) is 11.8 Å². The van der Waals surface area contributed by atoms with E-state index in [2.05, 4.69) is 15.9 Å². The molecule has 0 aliphatic heterocycles. The lowest BCUT2D eigenvalue weighted by atomic mass is 10.0. The van der Waals surface area contributed by atoms with Gasteiger partial charge in [0.1, 0.15) is 0 Å². The average Bonchev–Trinajstić information content (AvgIpc) is 2.42. The van der Waals surface area contributed by atoms with Crippen LogP contribution in [0.4, 0.5) is 0 Å². The maximum atomic E-state index is 12.1. The number of carbonyl (C=O) groups is 1. The molecular weight excluding hydrogens is 347 g/mol. The third-order valence-corrected chi connectivity index (χ3v) is 4.03. The fourth-order valence-electron chi connectivity index (χ4n) is 1.72. The van der Waals surface area contributed by atoms with Crippen LogP contribution in [0.1, 0.15) is 21.5 Å². The fourth-order valence-corrected chi connectivity index (χ4v) is 2.57. The van der Waals surface area contributed by atoms with Gasteiger partial charge in [-0.1, -0.05) is 69.5 Å². The molecule has 2 rings (SSSR count).